The summed E-state index contributed by atoms with van der Waals surface area (Å²) in [7, 11) is 4.13. The summed E-state index contributed by atoms with van der Waals surface area (Å²) in [5.41, 5.74) is 3.34. The van der Waals surface area contributed by atoms with Crippen molar-refractivity contribution in [1.29, 1.82) is 0 Å². The molecule has 1 aromatic carbocycles. The van der Waals surface area contributed by atoms with E-state index in [0.29, 0.717) is 6.42 Å². The number of carbonyl (C=O) groups is 1. The maximum Gasteiger partial charge on any atom is 0.167 e. The van der Waals surface area contributed by atoms with E-state index in [0.717, 1.165) is 36.5 Å². The number of carbonyl (C=O) groups excluding carboxylic acids is 1. The molecule has 0 aromatic heterocycles. The van der Waals surface area contributed by atoms with Gasteiger partial charge in [0.25, 0.3) is 0 Å². The highest BCUT2D eigenvalue weighted by molar-refractivity contribution is 6.23. The fraction of sp³-hybridized carbons (Fsp3) is 0.400. The van der Waals surface area contributed by atoms with Crippen molar-refractivity contribution in [1.82, 2.24) is 9.80 Å². The van der Waals surface area contributed by atoms with Gasteiger partial charge >= 0.3 is 0 Å². The van der Waals surface area contributed by atoms with Crippen molar-refractivity contribution < 1.29 is 4.79 Å². The number of benzene rings is 1. The molecule has 0 atom stereocenters. The molecule has 3 heteroatoms. The number of aryl methyl sites for hydroxylation is 1. The molecule has 1 heterocycles. The zero-order valence-corrected chi connectivity index (χ0v) is 10.9. The topological polar surface area (TPSA) is 23.6 Å². The molecule has 1 aromatic rings. The number of likely N-dealkylation sites (N-methyl/N-ethyl adjacent to an activating group) is 2. The lowest BCUT2D eigenvalue weighted by atomic mass is 9.86. The Morgan fingerprint density at radius 3 is 2.39 bits per heavy atom. The number of Topliss-reactive ketones (excluding diaryl/α,β-unsaturated/α-hetero) is 1. The molecule has 0 saturated carbocycles. The van der Waals surface area contributed by atoms with Crippen LogP contribution in [0.2, 0.25) is 0 Å². The number of nitrogens with zero attached hydrogens (tertiary/aromatic N) is 2. The summed E-state index contributed by atoms with van der Waals surface area (Å²) in [5.74, 6) is 1.37. The van der Waals surface area contributed by atoms with Crippen LogP contribution in [0.1, 0.15) is 17.5 Å². The second-order valence-electron chi connectivity index (χ2n) is 5.12. The molecule has 1 fully saturated rings. The van der Waals surface area contributed by atoms with Gasteiger partial charge < -0.3 is 9.80 Å². The van der Waals surface area contributed by atoms with Gasteiger partial charge in [-0.25, -0.2) is 0 Å². The number of hydrogen-bond donors (Lipinski definition) is 0. The van der Waals surface area contributed by atoms with E-state index in [1.807, 2.05) is 6.07 Å². The summed E-state index contributed by atoms with van der Waals surface area (Å²) in [6.07, 6.45) is 1.51. The third-order valence-electron chi connectivity index (χ3n) is 3.90. The lowest BCUT2D eigenvalue weighted by Gasteiger charge is -2.26. The molecular weight excluding hydrogens is 224 g/mol. The van der Waals surface area contributed by atoms with E-state index < -0.39 is 0 Å². The van der Waals surface area contributed by atoms with Crippen molar-refractivity contribution in [2.45, 2.75) is 12.8 Å². The maximum atomic E-state index is 12.3. The van der Waals surface area contributed by atoms with Crippen LogP contribution in [0.25, 0.3) is 5.57 Å². The van der Waals surface area contributed by atoms with E-state index in [2.05, 4.69) is 42.1 Å². The summed E-state index contributed by atoms with van der Waals surface area (Å²) in [6, 6.07) is 8.29. The van der Waals surface area contributed by atoms with Crippen LogP contribution < -0.4 is 0 Å². The molecule has 0 unspecified atom stereocenters. The van der Waals surface area contributed by atoms with Crippen LogP contribution in [-0.2, 0) is 11.2 Å². The predicted octanol–water partition coefficient (Wildman–Crippen LogP) is 1.75. The largest absolute Gasteiger partial charge is 0.359 e. The van der Waals surface area contributed by atoms with Crippen molar-refractivity contribution in [3.8, 4) is 0 Å². The molecule has 3 rings (SSSR count). The summed E-state index contributed by atoms with van der Waals surface area (Å²) < 4.78 is 0. The van der Waals surface area contributed by atoms with Crippen molar-refractivity contribution in [3.05, 3.63) is 41.2 Å². The fourth-order valence-electron chi connectivity index (χ4n) is 2.94. The second kappa shape index (κ2) is 4.16. The molecule has 18 heavy (non-hydrogen) atoms. The van der Waals surface area contributed by atoms with Gasteiger partial charge in [-0.05, 0) is 17.5 Å². The van der Waals surface area contributed by atoms with E-state index in [9.17, 15) is 4.79 Å². The van der Waals surface area contributed by atoms with Crippen LogP contribution in [-0.4, -0.2) is 42.8 Å². The Hall–Kier alpha value is -1.77. The zero-order valence-electron chi connectivity index (χ0n) is 10.9. The smallest absolute Gasteiger partial charge is 0.167 e. The van der Waals surface area contributed by atoms with Gasteiger partial charge in [-0.1, -0.05) is 24.3 Å². The zero-order chi connectivity index (χ0) is 12.7. The number of hydrogen-bond acceptors (Lipinski definition) is 3. The van der Waals surface area contributed by atoms with Crippen molar-refractivity contribution in [3.63, 3.8) is 0 Å². The molecule has 1 saturated heterocycles. The van der Waals surface area contributed by atoms with E-state index in [1.54, 1.807) is 0 Å². The second-order valence-corrected chi connectivity index (χ2v) is 5.12. The first kappa shape index (κ1) is 11.3. The minimum atomic E-state index is 0.282. The molecule has 0 amide bonds. The van der Waals surface area contributed by atoms with Gasteiger partial charge in [-0.3, -0.25) is 4.79 Å². The number of allylic oxidation sites excluding steroid dienone is 1. The monoisotopic (exact) mass is 242 g/mol. The van der Waals surface area contributed by atoms with Gasteiger partial charge in [-0.2, -0.15) is 0 Å². The Morgan fingerprint density at radius 1 is 1.00 bits per heavy atom. The summed E-state index contributed by atoms with van der Waals surface area (Å²) in [6.45, 7) is 1.98. The van der Waals surface area contributed by atoms with Gasteiger partial charge in [0.1, 0.15) is 5.82 Å². The van der Waals surface area contributed by atoms with E-state index in [1.165, 1.54) is 5.56 Å². The lowest BCUT2D eigenvalue weighted by Crippen LogP contribution is -2.24. The molecule has 0 bridgehead atoms. The summed E-state index contributed by atoms with van der Waals surface area (Å²) >= 11 is 0. The van der Waals surface area contributed by atoms with E-state index in [-0.39, 0.29) is 5.78 Å². The fourth-order valence-corrected chi connectivity index (χ4v) is 2.94. The molecule has 3 nitrogen and oxygen atoms in total. The highest BCUT2D eigenvalue weighted by atomic mass is 16.1. The first-order chi connectivity index (χ1) is 8.68. The van der Waals surface area contributed by atoms with Gasteiger partial charge in [-0.15, -0.1) is 0 Å². The minimum absolute atomic E-state index is 0.282. The standard InChI is InChI=1S/C15H18N2O/c1-16-9-10-17(2)15(16)14-12-6-4-3-5-11(12)7-8-13(14)18/h3-6H,7-10H2,1-2H3. The Labute approximate surface area is 108 Å². The van der Waals surface area contributed by atoms with Crippen LogP contribution in [0, 0.1) is 0 Å². The first-order valence-corrected chi connectivity index (χ1v) is 6.46. The van der Waals surface area contributed by atoms with Gasteiger partial charge in [0, 0.05) is 33.6 Å². The molecular formula is C15H18N2O. The van der Waals surface area contributed by atoms with Crippen molar-refractivity contribution in [2.24, 2.45) is 0 Å². The van der Waals surface area contributed by atoms with Crippen molar-refractivity contribution >= 4 is 11.4 Å². The van der Waals surface area contributed by atoms with Gasteiger partial charge in [0.2, 0.25) is 0 Å². The number of fused-ring (bicyclic) bond motifs is 1. The Kier molecular flexibility index (Phi) is 2.62. The third kappa shape index (κ3) is 1.62. The summed E-state index contributed by atoms with van der Waals surface area (Å²) in [4.78, 5) is 16.7. The van der Waals surface area contributed by atoms with Crippen LogP contribution in [0.15, 0.2) is 30.1 Å². The predicted molar refractivity (Wildman–Crippen MR) is 72.0 cm³/mol. The molecule has 1 aliphatic heterocycles. The van der Waals surface area contributed by atoms with E-state index >= 15 is 0 Å². The maximum absolute atomic E-state index is 12.3. The highest BCUT2D eigenvalue weighted by Gasteiger charge is 2.30. The molecule has 2 aliphatic rings. The van der Waals surface area contributed by atoms with Crippen LogP contribution in [0.4, 0.5) is 0 Å². The van der Waals surface area contributed by atoms with Crippen molar-refractivity contribution in [2.75, 3.05) is 27.2 Å². The lowest BCUT2D eigenvalue weighted by molar-refractivity contribution is -0.114. The minimum Gasteiger partial charge on any atom is -0.359 e. The third-order valence-corrected chi connectivity index (χ3v) is 3.90. The molecule has 1 aliphatic carbocycles. The summed E-state index contributed by atoms with van der Waals surface area (Å²) in [5, 5.41) is 0. The van der Waals surface area contributed by atoms with Gasteiger partial charge in [0.05, 0.1) is 5.57 Å². The van der Waals surface area contributed by atoms with Gasteiger partial charge in [0.15, 0.2) is 5.78 Å². The SMILES string of the molecule is CN1CCN(C)C1=C1C(=O)CCc2ccccc21. The molecule has 0 spiro atoms. The normalized spacial score (nSPS) is 19.6. The average Bonchev–Trinajstić information content (AvgIpc) is 2.70. The van der Waals surface area contributed by atoms with E-state index in [4.69, 9.17) is 0 Å². The average molecular weight is 242 g/mol. The first-order valence-electron chi connectivity index (χ1n) is 6.46. The quantitative estimate of drug-likeness (QED) is 0.648. The molecule has 94 valence electrons. The van der Waals surface area contributed by atoms with Crippen LogP contribution >= 0.6 is 0 Å². The number of rotatable bonds is 0. The van der Waals surface area contributed by atoms with Crippen LogP contribution in [0.5, 0.6) is 0 Å². The molecule has 0 N–H and O–H groups in total. The highest BCUT2D eigenvalue weighted by Crippen LogP contribution is 2.33. The van der Waals surface area contributed by atoms with Crippen LogP contribution in [0.3, 0.4) is 0 Å². The number of ketones is 1. The Balaban J connectivity index is 2.22. The Bertz CT molecular complexity index is 521. The molecule has 0 radical (unpaired) electrons. The Morgan fingerprint density at radius 2 is 1.67 bits per heavy atom.